The molecule has 1 fully saturated rings. The van der Waals surface area contributed by atoms with Crippen molar-refractivity contribution in [1.82, 2.24) is 24.8 Å². The van der Waals surface area contributed by atoms with E-state index in [2.05, 4.69) is 29.1 Å². The Morgan fingerprint density at radius 1 is 1.29 bits per heavy atom. The van der Waals surface area contributed by atoms with Crippen LogP contribution in [0.25, 0.3) is 0 Å². The number of carboxylic acid groups (broad SMARTS) is 1. The summed E-state index contributed by atoms with van der Waals surface area (Å²) in [7, 11) is 0. The first-order valence-corrected chi connectivity index (χ1v) is 7.09. The lowest BCUT2D eigenvalue weighted by atomic mass is 10.2. The predicted molar refractivity (Wildman–Crippen MR) is 74.8 cm³/mol. The number of rotatable bonds is 5. The molecule has 1 aliphatic rings. The molecule has 1 N–H and O–H groups in total. The summed E-state index contributed by atoms with van der Waals surface area (Å²) in [6.07, 6.45) is 1.39. The van der Waals surface area contributed by atoms with Gasteiger partial charge in [-0.2, -0.15) is 0 Å². The van der Waals surface area contributed by atoms with Gasteiger partial charge in [0.05, 0.1) is 6.20 Å². The Morgan fingerprint density at radius 2 is 1.95 bits per heavy atom. The molecule has 1 aromatic heterocycles. The summed E-state index contributed by atoms with van der Waals surface area (Å²) >= 11 is 0. The van der Waals surface area contributed by atoms with E-state index in [0.29, 0.717) is 19.0 Å². The number of carbonyl (C=O) groups is 2. The maximum Gasteiger partial charge on any atom is 0.325 e. The fourth-order valence-electron chi connectivity index (χ4n) is 2.42. The summed E-state index contributed by atoms with van der Waals surface area (Å²) in [6.45, 7) is 8.14. The largest absolute Gasteiger partial charge is 0.480 e. The van der Waals surface area contributed by atoms with Crippen LogP contribution in [0.2, 0.25) is 0 Å². The minimum absolute atomic E-state index is 0.184. The third-order valence-electron chi connectivity index (χ3n) is 3.34. The van der Waals surface area contributed by atoms with Crippen molar-refractivity contribution in [2.45, 2.75) is 20.4 Å². The smallest absolute Gasteiger partial charge is 0.325 e. The highest BCUT2D eigenvalue weighted by Crippen LogP contribution is 2.08. The number of aliphatic carboxylic acids is 1. The van der Waals surface area contributed by atoms with E-state index in [1.54, 1.807) is 4.90 Å². The number of hydrogen-bond donors (Lipinski definition) is 1. The summed E-state index contributed by atoms with van der Waals surface area (Å²) in [5.74, 6) is -0.583. The van der Waals surface area contributed by atoms with E-state index in [-0.39, 0.29) is 18.1 Å². The van der Waals surface area contributed by atoms with Crippen LogP contribution >= 0.6 is 0 Å². The Bertz CT molecular complexity index is 506. The highest BCUT2D eigenvalue weighted by Gasteiger charge is 2.24. The summed E-state index contributed by atoms with van der Waals surface area (Å²) in [4.78, 5) is 26.9. The second kappa shape index (κ2) is 6.66. The number of carbonyl (C=O) groups excluding carboxylic acids is 1. The first-order chi connectivity index (χ1) is 9.95. The summed E-state index contributed by atoms with van der Waals surface area (Å²) < 4.78 is 1.16. The number of carboxylic acids is 1. The fourth-order valence-corrected chi connectivity index (χ4v) is 2.42. The predicted octanol–water partition coefficient (Wildman–Crippen LogP) is -0.223. The van der Waals surface area contributed by atoms with Crippen LogP contribution < -0.4 is 0 Å². The van der Waals surface area contributed by atoms with Gasteiger partial charge in [-0.15, -0.1) is 5.10 Å². The van der Waals surface area contributed by atoms with Crippen molar-refractivity contribution < 1.29 is 14.7 Å². The lowest BCUT2D eigenvalue weighted by Gasteiger charge is -2.35. The van der Waals surface area contributed by atoms with Gasteiger partial charge in [0, 0.05) is 32.7 Å². The summed E-state index contributed by atoms with van der Waals surface area (Å²) in [6, 6.07) is 0. The van der Waals surface area contributed by atoms with E-state index in [1.165, 1.54) is 6.20 Å². The molecule has 1 amide bonds. The van der Waals surface area contributed by atoms with E-state index in [4.69, 9.17) is 5.11 Å². The second-order valence-electron chi connectivity index (χ2n) is 5.68. The molecule has 2 rings (SSSR count). The third kappa shape index (κ3) is 4.25. The van der Waals surface area contributed by atoms with Gasteiger partial charge in [0.15, 0.2) is 5.69 Å². The molecule has 0 aromatic carbocycles. The topological polar surface area (TPSA) is 91.6 Å². The van der Waals surface area contributed by atoms with Gasteiger partial charge in [-0.25, -0.2) is 4.68 Å². The average Bonchev–Trinajstić information content (AvgIpc) is 2.85. The molecule has 0 bridgehead atoms. The summed E-state index contributed by atoms with van der Waals surface area (Å²) in [5, 5.41) is 16.1. The van der Waals surface area contributed by atoms with Gasteiger partial charge in [0.2, 0.25) is 0 Å². The SMILES string of the molecule is CC(C)CN1CCN(C(=O)c2cn(CC(=O)O)nn2)CC1. The molecule has 21 heavy (non-hydrogen) atoms. The maximum absolute atomic E-state index is 12.3. The zero-order chi connectivity index (χ0) is 15.4. The van der Waals surface area contributed by atoms with Crippen molar-refractivity contribution in [3.8, 4) is 0 Å². The van der Waals surface area contributed by atoms with Crippen molar-refractivity contribution in [2.24, 2.45) is 5.92 Å². The quantitative estimate of drug-likeness (QED) is 0.807. The third-order valence-corrected chi connectivity index (χ3v) is 3.34. The maximum atomic E-state index is 12.3. The van der Waals surface area contributed by atoms with Crippen molar-refractivity contribution in [2.75, 3.05) is 32.7 Å². The zero-order valence-electron chi connectivity index (χ0n) is 12.4. The number of nitrogens with zero attached hydrogens (tertiary/aromatic N) is 5. The molecular formula is C13H21N5O3. The number of amides is 1. The van der Waals surface area contributed by atoms with Gasteiger partial charge in [-0.05, 0) is 5.92 Å². The second-order valence-corrected chi connectivity index (χ2v) is 5.68. The highest BCUT2D eigenvalue weighted by molar-refractivity contribution is 5.92. The first-order valence-electron chi connectivity index (χ1n) is 7.09. The Hall–Kier alpha value is -1.96. The fraction of sp³-hybridized carbons (Fsp3) is 0.692. The lowest BCUT2D eigenvalue weighted by Crippen LogP contribution is -2.49. The molecule has 0 atom stereocenters. The van der Waals surface area contributed by atoms with Crippen LogP contribution in [-0.4, -0.2) is 74.5 Å². The molecule has 1 aliphatic heterocycles. The van der Waals surface area contributed by atoms with Gasteiger partial charge in [0.1, 0.15) is 6.54 Å². The van der Waals surface area contributed by atoms with Crippen LogP contribution in [0.5, 0.6) is 0 Å². The van der Waals surface area contributed by atoms with Crippen molar-refractivity contribution >= 4 is 11.9 Å². The van der Waals surface area contributed by atoms with Crippen LogP contribution in [0.15, 0.2) is 6.20 Å². The van der Waals surface area contributed by atoms with Crippen molar-refractivity contribution in [3.63, 3.8) is 0 Å². The van der Waals surface area contributed by atoms with Crippen molar-refractivity contribution in [3.05, 3.63) is 11.9 Å². The molecule has 2 heterocycles. The van der Waals surface area contributed by atoms with E-state index >= 15 is 0 Å². The molecule has 0 aliphatic carbocycles. The monoisotopic (exact) mass is 295 g/mol. The number of piperazine rings is 1. The molecule has 0 spiro atoms. The minimum atomic E-state index is -1.01. The van der Waals surface area contributed by atoms with Crippen LogP contribution in [0.4, 0.5) is 0 Å². The van der Waals surface area contributed by atoms with Crippen LogP contribution in [0.1, 0.15) is 24.3 Å². The highest BCUT2D eigenvalue weighted by atomic mass is 16.4. The molecule has 0 saturated carbocycles. The molecule has 0 radical (unpaired) electrons. The Labute approximate surface area is 123 Å². The number of aromatic nitrogens is 3. The minimum Gasteiger partial charge on any atom is -0.480 e. The van der Waals surface area contributed by atoms with E-state index in [9.17, 15) is 9.59 Å². The molecule has 1 aromatic rings. The van der Waals surface area contributed by atoms with E-state index in [1.807, 2.05) is 0 Å². The Morgan fingerprint density at radius 3 is 2.52 bits per heavy atom. The first kappa shape index (κ1) is 15.4. The Balaban J connectivity index is 1.89. The van der Waals surface area contributed by atoms with Crippen LogP contribution in [0, 0.1) is 5.92 Å². The zero-order valence-corrected chi connectivity index (χ0v) is 12.4. The number of hydrogen-bond acceptors (Lipinski definition) is 5. The van der Waals surface area contributed by atoms with Crippen LogP contribution in [0.3, 0.4) is 0 Å². The molecule has 116 valence electrons. The molecule has 8 heteroatoms. The molecule has 8 nitrogen and oxygen atoms in total. The van der Waals surface area contributed by atoms with Gasteiger partial charge >= 0.3 is 5.97 Å². The van der Waals surface area contributed by atoms with E-state index < -0.39 is 5.97 Å². The summed E-state index contributed by atoms with van der Waals surface area (Å²) in [5.41, 5.74) is 0.202. The van der Waals surface area contributed by atoms with E-state index in [0.717, 1.165) is 24.3 Å². The molecule has 1 saturated heterocycles. The lowest BCUT2D eigenvalue weighted by molar-refractivity contribution is -0.137. The van der Waals surface area contributed by atoms with Gasteiger partial charge < -0.3 is 10.0 Å². The Kier molecular flexibility index (Phi) is 4.89. The van der Waals surface area contributed by atoms with Gasteiger partial charge in [-0.1, -0.05) is 19.1 Å². The normalized spacial score (nSPS) is 16.4. The molecule has 0 unspecified atom stereocenters. The van der Waals surface area contributed by atoms with Gasteiger partial charge in [0.25, 0.3) is 5.91 Å². The average molecular weight is 295 g/mol. The van der Waals surface area contributed by atoms with Gasteiger partial charge in [-0.3, -0.25) is 14.5 Å². The standard InChI is InChI=1S/C13H21N5O3/c1-10(2)7-16-3-5-17(6-4-16)13(21)11-8-18(15-14-11)9-12(19)20/h8,10H,3-7,9H2,1-2H3,(H,19,20). The van der Waals surface area contributed by atoms with Crippen molar-refractivity contribution in [1.29, 1.82) is 0 Å². The molecular weight excluding hydrogens is 274 g/mol. The van der Waals surface area contributed by atoms with Crippen LogP contribution in [-0.2, 0) is 11.3 Å².